The van der Waals surface area contributed by atoms with Gasteiger partial charge in [0.15, 0.2) is 0 Å². The highest BCUT2D eigenvalue weighted by Crippen LogP contribution is 2.26. The highest BCUT2D eigenvalue weighted by molar-refractivity contribution is 7.89. The van der Waals surface area contributed by atoms with Gasteiger partial charge in [-0.25, -0.2) is 12.7 Å². The normalized spacial score (nSPS) is 12.1. The van der Waals surface area contributed by atoms with Gasteiger partial charge in [-0.15, -0.1) is 0 Å². The lowest BCUT2D eigenvalue weighted by molar-refractivity contribution is 0.280. The number of rotatable bonds is 6. The molecular weight excluding hydrogens is 286 g/mol. The van der Waals surface area contributed by atoms with Crippen LogP contribution in [0.2, 0.25) is 5.02 Å². The Kier molecular flexibility index (Phi) is 5.80. The highest BCUT2D eigenvalue weighted by Gasteiger charge is 2.24. The first-order chi connectivity index (χ1) is 8.84. The molecule has 0 amide bonds. The molecular formula is C13H20ClNO3S. The van der Waals surface area contributed by atoms with Gasteiger partial charge in [0.2, 0.25) is 10.0 Å². The third kappa shape index (κ3) is 3.69. The molecule has 0 spiro atoms. The molecule has 1 aromatic carbocycles. The van der Waals surface area contributed by atoms with Crippen molar-refractivity contribution in [3.63, 3.8) is 0 Å². The van der Waals surface area contributed by atoms with Crippen molar-refractivity contribution in [3.8, 4) is 0 Å². The molecule has 0 aliphatic heterocycles. The minimum absolute atomic E-state index is 0.169. The van der Waals surface area contributed by atoms with Crippen molar-refractivity contribution < 1.29 is 13.5 Å². The number of hydrogen-bond donors (Lipinski definition) is 1. The van der Waals surface area contributed by atoms with Crippen LogP contribution in [-0.2, 0) is 16.6 Å². The van der Waals surface area contributed by atoms with Crippen molar-refractivity contribution in [2.45, 2.75) is 38.2 Å². The monoisotopic (exact) mass is 305 g/mol. The van der Waals surface area contributed by atoms with Crippen LogP contribution in [0.4, 0.5) is 0 Å². The highest BCUT2D eigenvalue weighted by atomic mass is 35.5. The molecule has 0 aromatic heterocycles. The Morgan fingerprint density at radius 1 is 1.37 bits per heavy atom. The summed E-state index contributed by atoms with van der Waals surface area (Å²) in [5.74, 6) is 0. The fourth-order valence-electron chi connectivity index (χ4n) is 1.81. The number of aliphatic hydroxyl groups is 1. The van der Waals surface area contributed by atoms with Crippen LogP contribution < -0.4 is 0 Å². The first-order valence-electron chi connectivity index (χ1n) is 6.20. The second-order valence-electron chi connectivity index (χ2n) is 4.53. The number of sulfonamides is 1. The average Bonchev–Trinajstić information content (AvgIpc) is 2.37. The number of benzene rings is 1. The van der Waals surface area contributed by atoms with Crippen molar-refractivity contribution in [2.24, 2.45) is 0 Å². The molecule has 6 heteroatoms. The zero-order valence-electron chi connectivity index (χ0n) is 11.5. The van der Waals surface area contributed by atoms with E-state index in [0.717, 1.165) is 12.8 Å². The Balaban J connectivity index is 3.25. The SMILES string of the molecule is CCCCN(C)S(=O)(=O)c1cc(Cl)cc(CO)c1C. The Hall–Kier alpha value is -0.620. The third-order valence-electron chi connectivity index (χ3n) is 3.12. The molecule has 1 aromatic rings. The number of aliphatic hydroxyl groups excluding tert-OH is 1. The van der Waals surface area contributed by atoms with Crippen LogP contribution in [0.1, 0.15) is 30.9 Å². The van der Waals surface area contributed by atoms with E-state index in [-0.39, 0.29) is 11.5 Å². The maximum Gasteiger partial charge on any atom is 0.243 e. The second-order valence-corrected chi connectivity index (χ2v) is 6.98. The number of unbranched alkanes of at least 4 members (excludes halogenated alkanes) is 1. The van der Waals surface area contributed by atoms with Gasteiger partial charge in [0.05, 0.1) is 11.5 Å². The van der Waals surface area contributed by atoms with Crippen LogP contribution in [-0.4, -0.2) is 31.4 Å². The quantitative estimate of drug-likeness (QED) is 0.879. The summed E-state index contributed by atoms with van der Waals surface area (Å²) in [4.78, 5) is 0.169. The summed E-state index contributed by atoms with van der Waals surface area (Å²) in [5, 5.41) is 9.56. The molecule has 0 radical (unpaired) electrons. The molecule has 4 nitrogen and oxygen atoms in total. The number of halogens is 1. The molecule has 1 N–H and O–H groups in total. The van der Waals surface area contributed by atoms with Gasteiger partial charge in [0, 0.05) is 18.6 Å². The van der Waals surface area contributed by atoms with E-state index in [4.69, 9.17) is 11.6 Å². The molecule has 0 atom stereocenters. The average molecular weight is 306 g/mol. The molecule has 0 unspecified atom stereocenters. The predicted molar refractivity (Wildman–Crippen MR) is 76.8 cm³/mol. The predicted octanol–water partition coefficient (Wildman–Crippen LogP) is 2.56. The summed E-state index contributed by atoms with van der Waals surface area (Å²) >= 11 is 5.92. The molecule has 0 aliphatic carbocycles. The maximum absolute atomic E-state index is 12.5. The van der Waals surface area contributed by atoms with Crippen LogP contribution in [0.25, 0.3) is 0 Å². The minimum atomic E-state index is -3.56. The maximum atomic E-state index is 12.5. The van der Waals surface area contributed by atoms with Gasteiger partial charge in [0.1, 0.15) is 0 Å². The van der Waals surface area contributed by atoms with Crippen LogP contribution in [0.15, 0.2) is 17.0 Å². The van der Waals surface area contributed by atoms with Crippen molar-refractivity contribution in [3.05, 3.63) is 28.3 Å². The van der Waals surface area contributed by atoms with Crippen molar-refractivity contribution in [1.82, 2.24) is 4.31 Å². The summed E-state index contributed by atoms with van der Waals surface area (Å²) in [7, 11) is -2.00. The molecule has 1 rings (SSSR count). The fourth-order valence-corrected chi connectivity index (χ4v) is 3.61. The van der Waals surface area contributed by atoms with E-state index in [1.807, 2.05) is 6.92 Å². The summed E-state index contributed by atoms with van der Waals surface area (Å²) in [5.41, 5.74) is 1.09. The molecule has 0 fully saturated rings. The minimum Gasteiger partial charge on any atom is -0.392 e. The molecule has 0 saturated carbocycles. The molecule has 108 valence electrons. The lowest BCUT2D eigenvalue weighted by atomic mass is 10.1. The zero-order valence-corrected chi connectivity index (χ0v) is 13.1. The summed E-state index contributed by atoms with van der Waals surface area (Å²) in [6, 6.07) is 3.02. The van der Waals surface area contributed by atoms with E-state index >= 15 is 0 Å². The van der Waals surface area contributed by atoms with E-state index in [1.54, 1.807) is 20.0 Å². The van der Waals surface area contributed by atoms with Crippen molar-refractivity contribution in [1.29, 1.82) is 0 Å². The van der Waals surface area contributed by atoms with E-state index < -0.39 is 10.0 Å². The van der Waals surface area contributed by atoms with Gasteiger partial charge in [0.25, 0.3) is 0 Å². The standard InChI is InChI=1S/C13H20ClNO3S/c1-4-5-6-15(3)19(17,18)13-8-12(14)7-11(9-16)10(13)2/h7-8,16H,4-6,9H2,1-3H3. The molecule has 0 saturated heterocycles. The van der Waals surface area contributed by atoms with Crippen LogP contribution in [0.5, 0.6) is 0 Å². The molecule has 0 bridgehead atoms. The summed E-state index contributed by atoms with van der Waals surface area (Å²) < 4.78 is 26.3. The molecule has 19 heavy (non-hydrogen) atoms. The van der Waals surface area contributed by atoms with Crippen LogP contribution >= 0.6 is 11.6 Å². The lowest BCUT2D eigenvalue weighted by Gasteiger charge is -2.19. The van der Waals surface area contributed by atoms with Gasteiger partial charge >= 0.3 is 0 Å². The van der Waals surface area contributed by atoms with Crippen molar-refractivity contribution >= 4 is 21.6 Å². The van der Waals surface area contributed by atoms with Crippen molar-refractivity contribution in [2.75, 3.05) is 13.6 Å². The Bertz CT molecular complexity index is 543. The Morgan fingerprint density at radius 2 is 2.00 bits per heavy atom. The Labute approximate surface area is 120 Å². The van der Waals surface area contributed by atoms with E-state index in [0.29, 0.717) is 22.7 Å². The van der Waals surface area contributed by atoms with Gasteiger partial charge in [-0.1, -0.05) is 24.9 Å². The van der Waals surface area contributed by atoms with E-state index in [2.05, 4.69) is 0 Å². The number of hydrogen-bond acceptors (Lipinski definition) is 3. The van der Waals surface area contributed by atoms with Gasteiger partial charge < -0.3 is 5.11 Å². The number of nitrogens with zero attached hydrogens (tertiary/aromatic N) is 1. The lowest BCUT2D eigenvalue weighted by Crippen LogP contribution is -2.28. The van der Waals surface area contributed by atoms with Gasteiger partial charge in [-0.2, -0.15) is 0 Å². The first-order valence-corrected chi connectivity index (χ1v) is 8.02. The fraction of sp³-hybridized carbons (Fsp3) is 0.538. The second kappa shape index (κ2) is 6.70. The Morgan fingerprint density at radius 3 is 2.53 bits per heavy atom. The molecule has 0 heterocycles. The van der Waals surface area contributed by atoms with E-state index in [9.17, 15) is 13.5 Å². The summed E-state index contributed by atoms with van der Waals surface area (Å²) in [6.45, 7) is 3.93. The smallest absolute Gasteiger partial charge is 0.243 e. The van der Waals surface area contributed by atoms with Gasteiger partial charge in [-0.05, 0) is 36.6 Å². The van der Waals surface area contributed by atoms with Gasteiger partial charge in [-0.3, -0.25) is 0 Å². The summed E-state index contributed by atoms with van der Waals surface area (Å²) in [6.07, 6.45) is 1.73. The topological polar surface area (TPSA) is 57.6 Å². The molecule has 0 aliphatic rings. The third-order valence-corrected chi connectivity index (χ3v) is 5.32. The van der Waals surface area contributed by atoms with Crippen LogP contribution in [0, 0.1) is 6.92 Å². The largest absolute Gasteiger partial charge is 0.392 e. The zero-order chi connectivity index (χ0) is 14.6. The first kappa shape index (κ1) is 16.4. The van der Waals surface area contributed by atoms with E-state index in [1.165, 1.54) is 10.4 Å². The van der Waals surface area contributed by atoms with Crippen LogP contribution in [0.3, 0.4) is 0 Å².